The van der Waals surface area contributed by atoms with Gasteiger partial charge in [0, 0.05) is 31.1 Å². The maximum atomic E-state index is 4.91. The normalized spacial score (nSPS) is 11.5. The summed E-state index contributed by atoms with van der Waals surface area (Å²) in [6.45, 7) is 11.1. The molecule has 1 atom stereocenters. The van der Waals surface area contributed by atoms with E-state index < -0.39 is 0 Å². The fourth-order valence-electron chi connectivity index (χ4n) is 3.23. The minimum atomic E-state index is 0. The summed E-state index contributed by atoms with van der Waals surface area (Å²) in [4.78, 5) is 9.52. The number of pyridine rings is 2. The van der Waals surface area contributed by atoms with Gasteiger partial charge < -0.3 is 0 Å². The first-order valence-electron chi connectivity index (χ1n) is 7.89. The van der Waals surface area contributed by atoms with Crippen molar-refractivity contribution in [1.82, 2.24) is 9.97 Å². The van der Waals surface area contributed by atoms with Crippen LogP contribution in [0.15, 0.2) is 24.4 Å². The van der Waals surface area contributed by atoms with Gasteiger partial charge in [0.25, 0.3) is 0 Å². The maximum Gasteiger partial charge on any atom is 0.0973 e. The molecule has 1 aromatic carbocycles. The van der Waals surface area contributed by atoms with Gasteiger partial charge in [-0.3, -0.25) is 9.97 Å². The van der Waals surface area contributed by atoms with Gasteiger partial charge >= 0.3 is 0 Å². The first kappa shape index (κ1) is 17.9. The number of hydrogen-bond acceptors (Lipinski definition) is 2. The minimum absolute atomic E-state index is 0. The first-order valence-corrected chi connectivity index (χ1v) is 8.46. The van der Waals surface area contributed by atoms with Gasteiger partial charge in [0.2, 0.25) is 0 Å². The highest BCUT2D eigenvalue weighted by atomic mass is 31.0. The minimum Gasteiger partial charge on any atom is -0.254 e. The molecule has 23 heavy (non-hydrogen) atoms. The number of hydrogen-bond donors (Lipinski definition) is 0. The lowest BCUT2D eigenvalue weighted by atomic mass is 9.88. The molecule has 3 aromatic rings. The molecule has 3 radical (unpaired) electrons. The van der Waals surface area contributed by atoms with E-state index in [9.17, 15) is 0 Å². The zero-order chi connectivity index (χ0) is 16.0. The van der Waals surface area contributed by atoms with Crippen LogP contribution in [-0.4, -0.2) is 18.4 Å². The van der Waals surface area contributed by atoms with Crippen LogP contribution in [0.1, 0.15) is 56.4 Å². The van der Waals surface area contributed by atoms with Gasteiger partial charge in [-0.2, -0.15) is 0 Å². The van der Waals surface area contributed by atoms with E-state index in [2.05, 4.69) is 61.0 Å². The number of fused-ring (bicyclic) bond motifs is 3. The van der Waals surface area contributed by atoms with Crippen molar-refractivity contribution in [3.63, 3.8) is 0 Å². The van der Waals surface area contributed by atoms with E-state index in [0.29, 0.717) is 11.8 Å². The Morgan fingerprint density at radius 1 is 1.04 bits per heavy atom. The van der Waals surface area contributed by atoms with Crippen molar-refractivity contribution in [2.24, 2.45) is 0 Å². The molecule has 0 saturated heterocycles. The van der Waals surface area contributed by atoms with Crippen molar-refractivity contribution in [3.8, 4) is 0 Å². The molecule has 2 nitrogen and oxygen atoms in total. The molecule has 0 N–H and O–H groups in total. The second-order valence-corrected chi connectivity index (χ2v) is 7.18. The lowest BCUT2D eigenvalue weighted by Crippen LogP contribution is -2.13. The van der Waals surface area contributed by atoms with Crippen LogP contribution in [0.2, 0.25) is 0 Å². The monoisotopic (exact) mass is 321 g/mol. The largest absolute Gasteiger partial charge is 0.254 e. The Kier molecular flexibility index (Phi) is 5.11. The van der Waals surface area contributed by atoms with Crippen molar-refractivity contribution in [1.29, 1.82) is 0 Å². The smallest absolute Gasteiger partial charge is 0.0973 e. The number of aromatic nitrogens is 2. The van der Waals surface area contributed by atoms with E-state index in [4.69, 9.17) is 4.98 Å². The van der Waals surface area contributed by atoms with Gasteiger partial charge in [-0.25, -0.2) is 0 Å². The molecule has 0 aliphatic rings. The third-order valence-electron chi connectivity index (χ3n) is 4.33. The zero-order valence-corrected chi connectivity index (χ0v) is 15.7. The lowest BCUT2D eigenvalue weighted by molar-refractivity contribution is 0.856. The summed E-state index contributed by atoms with van der Waals surface area (Å²) in [5.41, 5.74) is 5.90. The van der Waals surface area contributed by atoms with Crippen LogP contribution in [0.3, 0.4) is 0 Å². The molecule has 4 heteroatoms. The van der Waals surface area contributed by atoms with Gasteiger partial charge in [0.15, 0.2) is 0 Å². The predicted octanol–water partition coefficient (Wildman–Crippen LogP) is 4.46. The van der Waals surface area contributed by atoms with E-state index in [1.54, 1.807) is 0 Å². The van der Waals surface area contributed by atoms with Crippen molar-refractivity contribution in [3.05, 3.63) is 41.2 Å². The lowest BCUT2D eigenvalue weighted by Gasteiger charge is -2.21. The summed E-state index contributed by atoms with van der Waals surface area (Å²) in [6, 6.07) is 6.43. The molecule has 1 unspecified atom stereocenters. The SMILES string of the molecule is Cc1nc2c(c(C(C)C)cc3cccnc32)c(C(C)C)c1P.[B]. The topological polar surface area (TPSA) is 25.8 Å². The highest BCUT2D eigenvalue weighted by Gasteiger charge is 2.19. The van der Waals surface area contributed by atoms with Crippen LogP contribution in [-0.2, 0) is 0 Å². The van der Waals surface area contributed by atoms with E-state index in [0.717, 1.165) is 16.7 Å². The van der Waals surface area contributed by atoms with E-state index in [1.807, 2.05) is 12.3 Å². The highest BCUT2D eigenvalue weighted by molar-refractivity contribution is 7.27. The van der Waals surface area contributed by atoms with E-state index >= 15 is 0 Å². The third kappa shape index (κ3) is 2.88. The Morgan fingerprint density at radius 2 is 1.74 bits per heavy atom. The molecule has 3 rings (SSSR count). The number of benzene rings is 1. The first-order chi connectivity index (χ1) is 10.4. The van der Waals surface area contributed by atoms with Crippen LogP contribution >= 0.6 is 9.24 Å². The van der Waals surface area contributed by atoms with Gasteiger partial charge in [0.05, 0.1) is 11.0 Å². The molecule has 0 amide bonds. The van der Waals surface area contributed by atoms with Crippen molar-refractivity contribution < 1.29 is 0 Å². The Hall–Kier alpha value is -1.47. The Labute approximate surface area is 142 Å². The molecular weight excluding hydrogens is 298 g/mol. The molecule has 0 aliphatic carbocycles. The maximum absolute atomic E-state index is 4.91. The fraction of sp³-hybridized carbons (Fsp3) is 0.368. The van der Waals surface area contributed by atoms with Crippen molar-refractivity contribution in [2.45, 2.75) is 46.5 Å². The van der Waals surface area contributed by atoms with E-state index in [-0.39, 0.29) is 8.41 Å². The Balaban J connectivity index is 0.00000192. The number of rotatable bonds is 2. The standard InChI is InChI=1S/C19H23N2P.B/c1-10(2)14-9-13-7-6-8-20-17(13)18-16(14)15(11(3)4)19(22)12(5)21-18;/h6-11H,22H2,1-5H3;. The quantitative estimate of drug-likeness (QED) is 0.396. The molecule has 0 spiro atoms. The second kappa shape index (κ2) is 6.57. The molecule has 2 aromatic heterocycles. The molecule has 0 bridgehead atoms. The molecule has 0 saturated carbocycles. The molecule has 2 heterocycles. The average molecular weight is 321 g/mol. The van der Waals surface area contributed by atoms with Gasteiger partial charge in [-0.1, -0.05) is 33.8 Å². The average Bonchev–Trinajstić information content (AvgIpc) is 2.47. The summed E-state index contributed by atoms with van der Waals surface area (Å²) >= 11 is 0. The van der Waals surface area contributed by atoms with Crippen LogP contribution in [0, 0.1) is 6.92 Å². The van der Waals surface area contributed by atoms with Gasteiger partial charge in [0.1, 0.15) is 0 Å². The summed E-state index contributed by atoms with van der Waals surface area (Å²) in [5.74, 6) is 0.911. The Bertz CT molecular complexity index is 872. The van der Waals surface area contributed by atoms with Gasteiger partial charge in [-0.15, -0.1) is 9.24 Å². The molecule has 0 aliphatic heterocycles. The summed E-state index contributed by atoms with van der Waals surface area (Å²) in [7, 11) is 2.90. The van der Waals surface area contributed by atoms with Crippen LogP contribution in [0.5, 0.6) is 0 Å². The highest BCUT2D eigenvalue weighted by Crippen LogP contribution is 2.35. The molecule has 0 fully saturated rings. The third-order valence-corrected chi connectivity index (χ3v) is 5.06. The van der Waals surface area contributed by atoms with Crippen LogP contribution < -0.4 is 5.30 Å². The number of aryl methyl sites for hydroxylation is 1. The van der Waals surface area contributed by atoms with Gasteiger partial charge in [-0.05, 0) is 47.3 Å². The summed E-state index contributed by atoms with van der Waals surface area (Å²) in [5, 5.41) is 3.71. The predicted molar refractivity (Wildman–Crippen MR) is 105 cm³/mol. The second-order valence-electron chi connectivity index (χ2n) is 6.60. The van der Waals surface area contributed by atoms with Crippen molar-refractivity contribution in [2.75, 3.05) is 0 Å². The number of nitrogens with zero attached hydrogens (tertiary/aromatic N) is 2. The summed E-state index contributed by atoms with van der Waals surface area (Å²) in [6.07, 6.45) is 1.86. The van der Waals surface area contributed by atoms with Crippen LogP contribution in [0.25, 0.3) is 21.8 Å². The van der Waals surface area contributed by atoms with E-state index in [1.165, 1.54) is 27.2 Å². The summed E-state index contributed by atoms with van der Waals surface area (Å²) < 4.78 is 0. The Morgan fingerprint density at radius 3 is 2.35 bits per heavy atom. The zero-order valence-electron chi connectivity index (χ0n) is 14.5. The molecular formula is C19H23BN2P. The molecule has 117 valence electrons. The van der Waals surface area contributed by atoms with Crippen molar-refractivity contribution >= 4 is 44.8 Å². The fourth-order valence-corrected chi connectivity index (χ4v) is 3.77. The van der Waals surface area contributed by atoms with Crippen LogP contribution in [0.4, 0.5) is 0 Å².